The first-order valence-corrected chi connectivity index (χ1v) is 6.45. The number of halogens is 2. The third kappa shape index (κ3) is 3.11. The van der Waals surface area contributed by atoms with Crippen molar-refractivity contribution in [1.29, 1.82) is 0 Å². The molecule has 4 nitrogen and oxygen atoms in total. The second kappa shape index (κ2) is 6.02. The minimum absolute atomic E-state index is 0.333. The lowest BCUT2D eigenvalue weighted by Crippen LogP contribution is -1.94. The molecule has 0 N–H and O–H groups in total. The first kappa shape index (κ1) is 13.1. The number of hydrogen-bond donors (Lipinski definition) is 0. The summed E-state index contributed by atoms with van der Waals surface area (Å²) in [6, 6.07) is 8.91. The molecular formula is C12H10BrClN2O2. The highest BCUT2D eigenvalue weighted by Gasteiger charge is 2.06. The highest BCUT2D eigenvalue weighted by molar-refractivity contribution is 9.10. The maximum atomic E-state index is 5.63. The van der Waals surface area contributed by atoms with Crippen molar-refractivity contribution in [1.82, 2.24) is 10.2 Å². The van der Waals surface area contributed by atoms with Crippen LogP contribution in [-0.4, -0.2) is 17.3 Å². The van der Waals surface area contributed by atoms with Crippen molar-refractivity contribution in [2.45, 2.75) is 5.88 Å². The number of nitrogens with zero attached hydrogens (tertiary/aromatic N) is 2. The van der Waals surface area contributed by atoms with Gasteiger partial charge < -0.3 is 9.47 Å². The van der Waals surface area contributed by atoms with Gasteiger partial charge in [0.05, 0.1) is 23.2 Å². The van der Waals surface area contributed by atoms with Gasteiger partial charge in [-0.15, -0.1) is 16.7 Å². The lowest BCUT2D eigenvalue weighted by Gasteiger charge is -2.07. The maximum absolute atomic E-state index is 5.63. The number of methoxy groups -OCH3 is 1. The minimum atomic E-state index is 0.333. The van der Waals surface area contributed by atoms with E-state index in [1.807, 2.05) is 6.07 Å². The Morgan fingerprint density at radius 3 is 2.61 bits per heavy atom. The van der Waals surface area contributed by atoms with Gasteiger partial charge in [0, 0.05) is 6.07 Å². The summed E-state index contributed by atoms with van der Waals surface area (Å²) in [6.45, 7) is 0. The van der Waals surface area contributed by atoms with Crippen LogP contribution >= 0.6 is 27.5 Å². The molecule has 0 saturated heterocycles. The molecule has 0 spiro atoms. The molecule has 0 aliphatic heterocycles. The summed E-state index contributed by atoms with van der Waals surface area (Å²) in [4.78, 5) is 0. The number of benzene rings is 1. The van der Waals surface area contributed by atoms with E-state index in [9.17, 15) is 0 Å². The SMILES string of the molecule is COc1ccc(Oc2ccc(CCl)nn2)c(Br)c1. The van der Waals surface area contributed by atoms with Crippen molar-refractivity contribution < 1.29 is 9.47 Å². The first-order chi connectivity index (χ1) is 8.72. The second-order valence-corrected chi connectivity index (χ2v) is 4.52. The molecule has 1 aromatic heterocycles. The summed E-state index contributed by atoms with van der Waals surface area (Å²) in [6.07, 6.45) is 0. The predicted molar refractivity (Wildman–Crippen MR) is 72.4 cm³/mol. The van der Waals surface area contributed by atoms with E-state index >= 15 is 0 Å². The van der Waals surface area contributed by atoms with Gasteiger partial charge >= 0.3 is 0 Å². The van der Waals surface area contributed by atoms with Crippen LogP contribution in [0.5, 0.6) is 17.4 Å². The Morgan fingerprint density at radius 2 is 2.06 bits per heavy atom. The van der Waals surface area contributed by atoms with Gasteiger partial charge in [0.25, 0.3) is 0 Å². The van der Waals surface area contributed by atoms with Crippen molar-refractivity contribution >= 4 is 27.5 Å². The molecule has 94 valence electrons. The van der Waals surface area contributed by atoms with Crippen LogP contribution < -0.4 is 9.47 Å². The van der Waals surface area contributed by atoms with Gasteiger partial charge in [-0.05, 0) is 40.2 Å². The Hall–Kier alpha value is -1.33. The summed E-state index contributed by atoms with van der Waals surface area (Å²) in [5, 5.41) is 7.83. The summed E-state index contributed by atoms with van der Waals surface area (Å²) < 4.78 is 11.5. The van der Waals surface area contributed by atoms with E-state index in [4.69, 9.17) is 21.1 Å². The van der Waals surface area contributed by atoms with Gasteiger partial charge in [0.2, 0.25) is 5.88 Å². The number of aromatic nitrogens is 2. The molecule has 0 aliphatic carbocycles. The first-order valence-electron chi connectivity index (χ1n) is 5.13. The van der Waals surface area contributed by atoms with E-state index in [1.165, 1.54) is 0 Å². The molecule has 0 unspecified atom stereocenters. The van der Waals surface area contributed by atoms with Gasteiger partial charge in [0.15, 0.2) is 0 Å². The average molecular weight is 330 g/mol. The molecular weight excluding hydrogens is 320 g/mol. The summed E-state index contributed by atoms with van der Waals surface area (Å²) in [5.41, 5.74) is 0.706. The molecule has 0 atom stereocenters. The zero-order valence-electron chi connectivity index (χ0n) is 9.56. The Labute approximate surface area is 118 Å². The van der Waals surface area contributed by atoms with E-state index in [0.717, 1.165) is 10.2 Å². The standard InChI is InChI=1S/C12H10BrClN2O2/c1-17-9-3-4-11(10(13)6-9)18-12-5-2-8(7-14)15-16-12/h2-6H,7H2,1H3. The van der Waals surface area contributed by atoms with Crippen LogP contribution in [0.3, 0.4) is 0 Å². The van der Waals surface area contributed by atoms with Crippen molar-refractivity contribution in [3.8, 4) is 17.4 Å². The molecule has 0 bridgehead atoms. The molecule has 18 heavy (non-hydrogen) atoms. The fourth-order valence-corrected chi connectivity index (χ4v) is 1.86. The Balaban J connectivity index is 2.17. The largest absolute Gasteiger partial charge is 0.497 e. The van der Waals surface area contributed by atoms with Crippen LogP contribution in [0.15, 0.2) is 34.8 Å². The van der Waals surface area contributed by atoms with Gasteiger partial charge in [-0.25, -0.2) is 0 Å². The average Bonchev–Trinajstić information content (AvgIpc) is 2.42. The van der Waals surface area contributed by atoms with Crippen LogP contribution in [0, 0.1) is 0 Å². The smallest absolute Gasteiger partial charge is 0.238 e. The molecule has 0 fully saturated rings. The molecule has 6 heteroatoms. The predicted octanol–water partition coefficient (Wildman–Crippen LogP) is 3.78. The molecule has 0 amide bonds. The molecule has 2 aromatic rings. The number of ether oxygens (including phenoxy) is 2. The second-order valence-electron chi connectivity index (χ2n) is 3.39. The van der Waals surface area contributed by atoms with Crippen molar-refractivity contribution in [3.05, 3.63) is 40.5 Å². The van der Waals surface area contributed by atoms with Crippen molar-refractivity contribution in [3.63, 3.8) is 0 Å². The topological polar surface area (TPSA) is 44.2 Å². The molecule has 1 aromatic carbocycles. The molecule has 0 aliphatic rings. The lowest BCUT2D eigenvalue weighted by molar-refractivity contribution is 0.411. The monoisotopic (exact) mass is 328 g/mol. The van der Waals surface area contributed by atoms with Crippen LogP contribution in [0.2, 0.25) is 0 Å². The van der Waals surface area contributed by atoms with Crippen molar-refractivity contribution in [2.75, 3.05) is 7.11 Å². The van der Waals surface area contributed by atoms with Crippen LogP contribution in [0.25, 0.3) is 0 Å². The minimum Gasteiger partial charge on any atom is -0.497 e. The zero-order valence-corrected chi connectivity index (χ0v) is 11.9. The van der Waals surface area contributed by atoms with E-state index < -0.39 is 0 Å². The third-order valence-electron chi connectivity index (χ3n) is 2.19. The van der Waals surface area contributed by atoms with E-state index in [2.05, 4.69) is 26.1 Å². The normalized spacial score (nSPS) is 10.2. The summed E-state index contributed by atoms with van der Waals surface area (Å²) >= 11 is 9.03. The Morgan fingerprint density at radius 1 is 1.22 bits per heavy atom. The Bertz CT molecular complexity index is 534. The van der Waals surface area contributed by atoms with Gasteiger partial charge in [-0.3, -0.25) is 0 Å². The highest BCUT2D eigenvalue weighted by atomic mass is 79.9. The lowest BCUT2D eigenvalue weighted by atomic mass is 10.3. The van der Waals surface area contributed by atoms with E-state index in [0.29, 0.717) is 23.2 Å². The van der Waals surface area contributed by atoms with E-state index in [-0.39, 0.29) is 0 Å². The molecule has 2 rings (SSSR count). The fraction of sp³-hybridized carbons (Fsp3) is 0.167. The Kier molecular flexibility index (Phi) is 4.38. The quantitative estimate of drug-likeness (QED) is 0.801. The van der Waals surface area contributed by atoms with Crippen molar-refractivity contribution in [2.24, 2.45) is 0 Å². The zero-order chi connectivity index (χ0) is 13.0. The van der Waals surface area contributed by atoms with Crippen LogP contribution in [0.1, 0.15) is 5.69 Å². The fourth-order valence-electron chi connectivity index (χ4n) is 1.28. The van der Waals surface area contributed by atoms with Crippen LogP contribution in [-0.2, 0) is 5.88 Å². The maximum Gasteiger partial charge on any atom is 0.238 e. The molecule has 1 heterocycles. The summed E-state index contributed by atoms with van der Waals surface area (Å²) in [7, 11) is 1.61. The van der Waals surface area contributed by atoms with Crippen LogP contribution in [0.4, 0.5) is 0 Å². The number of hydrogen-bond acceptors (Lipinski definition) is 4. The van der Waals surface area contributed by atoms with E-state index in [1.54, 1.807) is 31.4 Å². The number of rotatable bonds is 4. The van der Waals surface area contributed by atoms with Gasteiger partial charge in [0.1, 0.15) is 11.5 Å². The third-order valence-corrected chi connectivity index (χ3v) is 3.08. The number of alkyl halides is 1. The highest BCUT2D eigenvalue weighted by Crippen LogP contribution is 2.31. The van der Waals surface area contributed by atoms with Gasteiger partial charge in [-0.2, -0.15) is 5.10 Å². The summed E-state index contributed by atoms with van der Waals surface area (Å²) in [5.74, 6) is 2.13. The van der Waals surface area contributed by atoms with Gasteiger partial charge in [-0.1, -0.05) is 0 Å². The molecule has 0 saturated carbocycles. The molecule has 0 radical (unpaired) electrons.